The molecule has 1 nitrogen and oxygen atoms in total. The van der Waals surface area contributed by atoms with Crippen LogP contribution in [-0.2, 0) is 33.0 Å². The van der Waals surface area contributed by atoms with Crippen LogP contribution in [0.15, 0.2) is 55.2 Å². The van der Waals surface area contributed by atoms with Gasteiger partial charge in [0.2, 0.25) is 0 Å². The molecule has 3 rings (SSSR count). The Morgan fingerprint density at radius 3 is 1.54 bits per heavy atom. The molecule has 3 heteroatoms. The van der Waals surface area contributed by atoms with Crippen molar-refractivity contribution in [3.05, 3.63) is 71.8 Å². The molecule has 28 heavy (non-hydrogen) atoms. The van der Waals surface area contributed by atoms with E-state index in [1.165, 1.54) is 16.7 Å². The van der Waals surface area contributed by atoms with Gasteiger partial charge in [0, 0.05) is 0 Å². The largest absolute Gasteiger partial charge is 1.00 e. The van der Waals surface area contributed by atoms with Gasteiger partial charge in [0.25, 0.3) is 0 Å². The Bertz CT molecular complexity index is 779. The van der Waals surface area contributed by atoms with Crippen molar-refractivity contribution >= 4 is 0 Å². The quantitative estimate of drug-likeness (QED) is 0.634. The van der Waals surface area contributed by atoms with Crippen LogP contribution in [0, 0.1) is 6.92 Å². The van der Waals surface area contributed by atoms with E-state index in [0.29, 0.717) is 0 Å². The van der Waals surface area contributed by atoms with Crippen LogP contribution in [0.4, 0.5) is 0 Å². The van der Waals surface area contributed by atoms with E-state index in [2.05, 4.69) is 97.1 Å². The number of benzene rings is 1. The maximum absolute atomic E-state index is 7.13. The molecule has 0 spiro atoms. The van der Waals surface area contributed by atoms with E-state index in [-0.39, 0.29) is 23.2 Å². The number of rotatable bonds is 4. The van der Waals surface area contributed by atoms with Crippen molar-refractivity contribution < 1.29 is 37.4 Å². The third-order valence-electron chi connectivity index (χ3n) is 5.18. The first kappa shape index (κ1) is 23.4. The van der Waals surface area contributed by atoms with Crippen molar-refractivity contribution in [1.29, 1.82) is 0 Å². The maximum Gasteiger partial charge on any atom is -1.00 e. The predicted octanol–water partition coefficient (Wildman–Crippen LogP) is 4.19. The first-order valence-corrected chi connectivity index (χ1v) is 13.5. The fourth-order valence-electron chi connectivity index (χ4n) is 3.67. The van der Waals surface area contributed by atoms with Crippen molar-refractivity contribution in [2.45, 2.75) is 72.1 Å². The Labute approximate surface area is 186 Å². The van der Waals surface area contributed by atoms with Crippen LogP contribution in [0.25, 0.3) is 0 Å². The minimum absolute atomic E-state index is 0. The van der Waals surface area contributed by atoms with Crippen molar-refractivity contribution in [1.82, 2.24) is 0 Å². The summed E-state index contributed by atoms with van der Waals surface area (Å²) in [6, 6.07) is 4.68. The van der Waals surface area contributed by atoms with Crippen LogP contribution in [-0.4, -0.2) is 0 Å². The molecule has 2 aliphatic rings. The Balaban J connectivity index is 0.00000280. The van der Waals surface area contributed by atoms with Crippen LogP contribution in [0.5, 0.6) is 5.75 Å². The fourth-order valence-corrected chi connectivity index (χ4v) is 9.08. The molecule has 0 saturated heterocycles. The van der Waals surface area contributed by atoms with E-state index in [1.54, 1.807) is 6.56 Å². The number of aryl methyl sites for hydroxylation is 1. The van der Waals surface area contributed by atoms with Crippen LogP contribution in [0.1, 0.15) is 71.1 Å². The summed E-state index contributed by atoms with van der Waals surface area (Å²) in [6.07, 6.45) is 15.7. The predicted molar refractivity (Wildman–Crippen MR) is 113 cm³/mol. The second-order valence-corrected chi connectivity index (χ2v) is 15.0. The molecule has 0 aliphatic heterocycles. The zero-order valence-electron chi connectivity index (χ0n) is 18.3. The van der Waals surface area contributed by atoms with E-state index >= 15 is 0 Å². The van der Waals surface area contributed by atoms with Gasteiger partial charge in [-0.15, -0.1) is 0 Å². The normalized spacial score (nSPS) is 16.0. The molecule has 0 atom stereocenters. The molecule has 0 amide bonds. The van der Waals surface area contributed by atoms with E-state index in [0.717, 1.165) is 18.6 Å². The van der Waals surface area contributed by atoms with Crippen molar-refractivity contribution in [2.24, 2.45) is 0 Å². The van der Waals surface area contributed by atoms with Gasteiger partial charge in [-0.05, 0) is 0 Å². The smallest absolute Gasteiger partial charge is 1.00 e. The van der Waals surface area contributed by atoms with Gasteiger partial charge in [-0.1, -0.05) is 0 Å². The molecule has 0 saturated carbocycles. The van der Waals surface area contributed by atoms with Crippen molar-refractivity contribution in [3.63, 3.8) is 0 Å². The monoisotopic (exact) mass is 474 g/mol. The van der Waals surface area contributed by atoms with Crippen molar-refractivity contribution in [3.8, 4) is 5.75 Å². The SMILES string of the molecule is Cc1cc(C(C)(C)C)c([O][Zr+]([C]2=CC=CC2)[C]2=CC=CC2)c(C(C)(C)C)c1.[Cl-]. The summed E-state index contributed by atoms with van der Waals surface area (Å²) in [5.74, 6) is 1.16. The Morgan fingerprint density at radius 1 is 0.786 bits per heavy atom. The van der Waals surface area contributed by atoms with Crippen LogP contribution >= 0.6 is 0 Å². The third kappa shape index (κ3) is 5.19. The molecule has 1 aromatic rings. The molecular weight excluding hydrogens is 443 g/mol. The van der Waals surface area contributed by atoms with E-state index < -0.39 is 22.2 Å². The van der Waals surface area contributed by atoms with Gasteiger partial charge in [-0.2, -0.15) is 0 Å². The van der Waals surface area contributed by atoms with Crippen molar-refractivity contribution in [2.75, 3.05) is 0 Å². The number of hydrogen-bond acceptors (Lipinski definition) is 1. The minimum Gasteiger partial charge on any atom is -1.00 e. The summed E-state index contributed by atoms with van der Waals surface area (Å²) in [7, 11) is 0. The summed E-state index contributed by atoms with van der Waals surface area (Å²) >= 11 is -2.39. The fraction of sp³-hybridized carbons (Fsp3) is 0.440. The molecule has 2 aliphatic carbocycles. The summed E-state index contributed by atoms with van der Waals surface area (Å²) in [6.45, 7) is 16.0. The van der Waals surface area contributed by atoms with E-state index in [9.17, 15) is 0 Å². The zero-order valence-corrected chi connectivity index (χ0v) is 21.5. The third-order valence-corrected chi connectivity index (χ3v) is 10.9. The summed E-state index contributed by atoms with van der Waals surface area (Å²) < 4.78 is 10.2. The van der Waals surface area contributed by atoms with Gasteiger partial charge in [0.15, 0.2) is 0 Å². The summed E-state index contributed by atoms with van der Waals surface area (Å²) in [4.78, 5) is 0. The topological polar surface area (TPSA) is 9.23 Å². The van der Waals surface area contributed by atoms with Crippen LogP contribution in [0.2, 0.25) is 0 Å². The molecule has 0 unspecified atom stereocenters. The van der Waals surface area contributed by atoms with E-state index in [4.69, 9.17) is 2.81 Å². The molecule has 150 valence electrons. The molecule has 0 N–H and O–H groups in total. The Kier molecular flexibility index (Phi) is 7.44. The average Bonchev–Trinajstić information content (AvgIpc) is 3.25. The molecule has 0 radical (unpaired) electrons. The number of halogens is 1. The van der Waals surface area contributed by atoms with E-state index in [1.807, 2.05) is 0 Å². The molecular formula is C25H33ClOZr. The standard InChI is InChI=1S/C15H24O.2C5H5.ClH.Zr/c1-10-8-11(14(2,3)4)13(16)12(9-10)15(5,6)7;2*1-2-4-5-3-1;;/h8-9,16H,1-7H3;2*1-3H,4H2;1H;/q;;;;+2/p-2. The number of hydrogen-bond donors (Lipinski definition) is 0. The molecule has 0 heterocycles. The first-order valence-electron chi connectivity index (χ1n) is 10.00. The second kappa shape index (κ2) is 8.89. The van der Waals surface area contributed by atoms with Gasteiger partial charge in [0.1, 0.15) is 0 Å². The van der Waals surface area contributed by atoms with Crippen LogP contribution < -0.4 is 15.2 Å². The van der Waals surface area contributed by atoms with Gasteiger partial charge in [-0.3, -0.25) is 0 Å². The summed E-state index contributed by atoms with van der Waals surface area (Å²) in [5.41, 5.74) is 4.14. The Hall–Kier alpha value is -0.847. The molecule has 0 aromatic heterocycles. The first-order chi connectivity index (χ1) is 12.6. The van der Waals surface area contributed by atoms with Crippen LogP contribution in [0.3, 0.4) is 0 Å². The van der Waals surface area contributed by atoms with Gasteiger partial charge in [-0.25, -0.2) is 0 Å². The maximum atomic E-state index is 7.13. The minimum atomic E-state index is -2.39. The number of allylic oxidation sites excluding steroid dienone is 8. The second-order valence-electron chi connectivity index (χ2n) is 9.77. The van der Waals surface area contributed by atoms with Gasteiger partial charge in [0.05, 0.1) is 0 Å². The average molecular weight is 476 g/mol. The summed E-state index contributed by atoms with van der Waals surface area (Å²) in [5, 5.41) is 0. The van der Waals surface area contributed by atoms with Gasteiger partial charge >= 0.3 is 175 Å². The van der Waals surface area contributed by atoms with Gasteiger partial charge < -0.3 is 12.4 Å². The molecule has 0 bridgehead atoms. The Morgan fingerprint density at radius 2 is 1.21 bits per heavy atom. The zero-order chi connectivity index (χ0) is 19.8. The molecule has 1 aromatic carbocycles. The molecule has 0 fully saturated rings.